The predicted octanol–water partition coefficient (Wildman–Crippen LogP) is 3.63. The lowest BCUT2D eigenvalue weighted by atomic mass is 9.90. The molecule has 0 aliphatic carbocycles. The van der Waals surface area contributed by atoms with Crippen LogP contribution >= 0.6 is 15.9 Å². The van der Waals surface area contributed by atoms with Crippen LogP contribution < -0.4 is 5.32 Å². The molecule has 1 rings (SSSR count). The number of carbonyl (C=O) groups is 1. The van der Waals surface area contributed by atoms with Crippen molar-refractivity contribution in [1.29, 1.82) is 5.26 Å². The summed E-state index contributed by atoms with van der Waals surface area (Å²) in [6.45, 7) is 3.99. The first-order chi connectivity index (χ1) is 8.58. The fraction of sp³-hybridized carbons (Fsp3) is 0.538. The first kappa shape index (κ1) is 14.8. The Labute approximate surface area is 115 Å². The van der Waals surface area contributed by atoms with Gasteiger partial charge in [0.15, 0.2) is 0 Å². The molecule has 0 saturated carbocycles. The fourth-order valence-corrected chi connectivity index (χ4v) is 2.35. The third kappa shape index (κ3) is 3.36. The van der Waals surface area contributed by atoms with E-state index in [0.717, 1.165) is 12.8 Å². The van der Waals surface area contributed by atoms with Crippen molar-refractivity contribution in [2.24, 2.45) is 0 Å². The largest absolute Gasteiger partial charge is 0.458 e. The molecule has 0 fully saturated rings. The third-order valence-corrected chi connectivity index (χ3v) is 3.37. The molecule has 0 saturated heterocycles. The lowest BCUT2D eigenvalue weighted by Gasteiger charge is -2.26. The summed E-state index contributed by atoms with van der Waals surface area (Å²) in [5.74, 6) is -0.142. The number of nitrogens with zero attached hydrogens (tertiary/aromatic N) is 1. The molecule has 1 aromatic heterocycles. The highest BCUT2D eigenvalue weighted by molar-refractivity contribution is 9.10. The zero-order chi connectivity index (χ0) is 13.6. The lowest BCUT2D eigenvalue weighted by molar-refractivity contribution is 0.0882. The van der Waals surface area contributed by atoms with E-state index in [1.165, 1.54) is 6.26 Å². The van der Waals surface area contributed by atoms with E-state index < -0.39 is 5.54 Å². The molecule has 0 aromatic carbocycles. The molecule has 98 valence electrons. The molecule has 0 spiro atoms. The van der Waals surface area contributed by atoms with Gasteiger partial charge in [-0.25, -0.2) is 0 Å². The second-order valence-corrected chi connectivity index (χ2v) is 5.10. The molecular weight excluding hydrogens is 296 g/mol. The molecular formula is C13H17BrN2O2. The van der Waals surface area contributed by atoms with Crippen LogP contribution in [0.25, 0.3) is 0 Å². The van der Waals surface area contributed by atoms with E-state index in [2.05, 4.69) is 27.3 Å². The zero-order valence-corrected chi connectivity index (χ0v) is 12.2. The minimum absolute atomic E-state index is 0.210. The molecule has 0 aliphatic heterocycles. The van der Waals surface area contributed by atoms with Gasteiger partial charge in [-0.05, 0) is 34.8 Å². The summed E-state index contributed by atoms with van der Waals surface area (Å²) in [6, 6.07) is 3.90. The smallest absolute Gasteiger partial charge is 0.289 e. The van der Waals surface area contributed by atoms with Gasteiger partial charge in [-0.1, -0.05) is 26.7 Å². The fourth-order valence-electron chi connectivity index (χ4n) is 1.97. The van der Waals surface area contributed by atoms with E-state index in [-0.39, 0.29) is 11.7 Å². The molecule has 0 unspecified atom stereocenters. The van der Waals surface area contributed by atoms with Crippen molar-refractivity contribution < 1.29 is 9.21 Å². The number of nitriles is 1. The Hall–Kier alpha value is -1.28. The van der Waals surface area contributed by atoms with Gasteiger partial charge < -0.3 is 9.73 Å². The number of rotatable bonds is 6. The normalized spacial score (nSPS) is 11.0. The summed E-state index contributed by atoms with van der Waals surface area (Å²) in [5.41, 5.74) is -0.799. The molecule has 0 bridgehead atoms. The van der Waals surface area contributed by atoms with Crippen molar-refractivity contribution in [2.45, 2.75) is 45.1 Å². The van der Waals surface area contributed by atoms with Crippen LogP contribution in [0.3, 0.4) is 0 Å². The second-order valence-electron chi connectivity index (χ2n) is 4.25. The first-order valence-electron chi connectivity index (χ1n) is 6.05. The van der Waals surface area contributed by atoms with E-state index in [9.17, 15) is 10.1 Å². The number of furan rings is 1. The molecule has 1 heterocycles. The Morgan fingerprint density at radius 1 is 1.50 bits per heavy atom. The van der Waals surface area contributed by atoms with Gasteiger partial charge in [0, 0.05) is 0 Å². The van der Waals surface area contributed by atoms with E-state index in [1.807, 2.05) is 13.8 Å². The van der Waals surface area contributed by atoms with Crippen LogP contribution in [-0.4, -0.2) is 11.4 Å². The topological polar surface area (TPSA) is 66.0 Å². The molecule has 1 aromatic rings. The van der Waals surface area contributed by atoms with Crippen LogP contribution in [0.5, 0.6) is 0 Å². The average molecular weight is 313 g/mol. The standard InChI is InChI=1S/C13H17BrN2O2/c1-3-6-13(9-15,7-4-2)16-12(17)11-10(14)5-8-18-11/h5,8H,3-4,6-7H2,1-2H3,(H,16,17). The molecule has 0 atom stereocenters. The van der Waals surface area contributed by atoms with Crippen LogP contribution in [-0.2, 0) is 0 Å². The number of amides is 1. The van der Waals surface area contributed by atoms with E-state index in [4.69, 9.17) is 4.42 Å². The van der Waals surface area contributed by atoms with Gasteiger partial charge in [-0.15, -0.1) is 0 Å². The number of hydrogen-bond acceptors (Lipinski definition) is 3. The number of halogens is 1. The minimum atomic E-state index is -0.799. The van der Waals surface area contributed by atoms with Crippen LogP contribution in [0.2, 0.25) is 0 Å². The average Bonchev–Trinajstić information content (AvgIpc) is 2.76. The highest BCUT2D eigenvalue weighted by Crippen LogP contribution is 2.22. The molecule has 0 aliphatic rings. The Morgan fingerprint density at radius 3 is 2.50 bits per heavy atom. The minimum Gasteiger partial charge on any atom is -0.458 e. The molecule has 1 amide bonds. The van der Waals surface area contributed by atoms with Gasteiger partial charge in [-0.3, -0.25) is 4.79 Å². The highest BCUT2D eigenvalue weighted by Gasteiger charge is 2.31. The van der Waals surface area contributed by atoms with Crippen LogP contribution in [0.15, 0.2) is 21.2 Å². The monoisotopic (exact) mass is 312 g/mol. The van der Waals surface area contributed by atoms with Crippen molar-refractivity contribution in [2.75, 3.05) is 0 Å². The predicted molar refractivity (Wildman–Crippen MR) is 72.0 cm³/mol. The maximum absolute atomic E-state index is 12.1. The second kappa shape index (κ2) is 6.60. The van der Waals surface area contributed by atoms with E-state index in [1.54, 1.807) is 6.07 Å². The van der Waals surface area contributed by atoms with Crippen molar-refractivity contribution in [3.63, 3.8) is 0 Å². The lowest BCUT2D eigenvalue weighted by Crippen LogP contribution is -2.47. The van der Waals surface area contributed by atoms with Gasteiger partial charge in [0.2, 0.25) is 5.76 Å². The van der Waals surface area contributed by atoms with Gasteiger partial charge in [0.1, 0.15) is 5.54 Å². The third-order valence-electron chi connectivity index (χ3n) is 2.74. The Morgan fingerprint density at radius 2 is 2.11 bits per heavy atom. The number of nitrogens with one attached hydrogen (secondary N) is 1. The molecule has 1 N–H and O–H groups in total. The van der Waals surface area contributed by atoms with Crippen molar-refractivity contribution >= 4 is 21.8 Å². The summed E-state index contributed by atoms with van der Waals surface area (Å²) in [6.07, 6.45) is 4.40. The van der Waals surface area contributed by atoms with Gasteiger partial charge in [0.05, 0.1) is 16.8 Å². The van der Waals surface area contributed by atoms with Crippen LogP contribution in [0.4, 0.5) is 0 Å². The molecule has 18 heavy (non-hydrogen) atoms. The quantitative estimate of drug-likeness (QED) is 0.872. The first-order valence-corrected chi connectivity index (χ1v) is 6.84. The number of hydrogen-bond donors (Lipinski definition) is 1. The maximum atomic E-state index is 12.1. The Kier molecular flexibility index (Phi) is 5.42. The van der Waals surface area contributed by atoms with Crippen molar-refractivity contribution in [3.8, 4) is 6.07 Å². The van der Waals surface area contributed by atoms with Gasteiger partial charge >= 0.3 is 0 Å². The Balaban J connectivity index is 2.87. The van der Waals surface area contributed by atoms with Gasteiger partial charge in [0.25, 0.3) is 5.91 Å². The summed E-state index contributed by atoms with van der Waals surface area (Å²) in [5, 5.41) is 12.1. The summed E-state index contributed by atoms with van der Waals surface area (Å²) in [7, 11) is 0. The SMILES string of the molecule is CCCC(C#N)(CCC)NC(=O)c1occc1Br. The zero-order valence-electron chi connectivity index (χ0n) is 10.6. The highest BCUT2D eigenvalue weighted by atomic mass is 79.9. The number of carbonyl (C=O) groups excluding carboxylic acids is 1. The van der Waals surface area contributed by atoms with Crippen LogP contribution in [0.1, 0.15) is 50.1 Å². The van der Waals surface area contributed by atoms with Gasteiger partial charge in [-0.2, -0.15) is 5.26 Å². The molecule has 0 radical (unpaired) electrons. The Bertz CT molecular complexity index is 442. The van der Waals surface area contributed by atoms with Crippen LogP contribution in [0, 0.1) is 11.3 Å². The van der Waals surface area contributed by atoms with Crippen molar-refractivity contribution in [1.82, 2.24) is 5.32 Å². The van der Waals surface area contributed by atoms with Crippen molar-refractivity contribution in [3.05, 3.63) is 22.6 Å². The van der Waals surface area contributed by atoms with E-state index >= 15 is 0 Å². The van der Waals surface area contributed by atoms with E-state index in [0.29, 0.717) is 17.3 Å². The maximum Gasteiger partial charge on any atom is 0.289 e. The summed E-state index contributed by atoms with van der Waals surface area (Å²) < 4.78 is 5.70. The molecule has 5 heteroatoms. The molecule has 4 nitrogen and oxygen atoms in total. The summed E-state index contributed by atoms with van der Waals surface area (Å²) >= 11 is 3.24. The summed E-state index contributed by atoms with van der Waals surface area (Å²) in [4.78, 5) is 12.1.